The number of pyridine rings is 1. The molecule has 0 radical (unpaired) electrons. The van der Waals surface area contributed by atoms with Gasteiger partial charge in [-0.2, -0.15) is 0 Å². The molecule has 2 N–H and O–H groups in total. The lowest BCUT2D eigenvalue weighted by Gasteiger charge is -2.16. The number of hydrogen-bond acceptors (Lipinski definition) is 5. The number of aromatic amines is 1. The van der Waals surface area contributed by atoms with Gasteiger partial charge in [0, 0.05) is 36.4 Å². The summed E-state index contributed by atoms with van der Waals surface area (Å²) in [5.74, 6) is 1.68. The number of aromatic nitrogens is 4. The first-order chi connectivity index (χ1) is 13.2. The fourth-order valence-corrected chi connectivity index (χ4v) is 3.57. The van der Waals surface area contributed by atoms with Crippen molar-refractivity contribution >= 4 is 35.0 Å². The first-order valence-electron chi connectivity index (χ1n) is 9.27. The van der Waals surface area contributed by atoms with Gasteiger partial charge in [0.25, 0.3) is 0 Å². The summed E-state index contributed by atoms with van der Waals surface area (Å²) >= 11 is 0. The lowest BCUT2D eigenvalue weighted by atomic mass is 10.1. The zero-order valence-corrected chi connectivity index (χ0v) is 15.6. The zero-order valence-electron chi connectivity index (χ0n) is 15.6. The van der Waals surface area contributed by atoms with Crippen molar-refractivity contribution in [2.75, 3.05) is 29.9 Å². The van der Waals surface area contributed by atoms with E-state index in [0.29, 0.717) is 18.0 Å². The molecule has 1 aliphatic heterocycles. The van der Waals surface area contributed by atoms with Crippen LogP contribution in [-0.2, 0) is 0 Å². The van der Waals surface area contributed by atoms with Crippen LogP contribution in [0, 0.1) is 6.92 Å². The summed E-state index contributed by atoms with van der Waals surface area (Å²) in [6.45, 7) is 12.8. The third-order valence-corrected chi connectivity index (χ3v) is 5.01. The van der Waals surface area contributed by atoms with Gasteiger partial charge in [-0.3, -0.25) is 0 Å². The number of hydrogen-bond donors (Lipinski definition) is 2. The Hall–Kier alpha value is -3.15. The van der Waals surface area contributed by atoms with Crippen LogP contribution in [0.5, 0.6) is 0 Å². The average molecular weight is 360 g/mol. The minimum Gasteiger partial charge on any atom is -0.365 e. The molecule has 0 saturated carbocycles. The topological polar surface area (TPSA) is 69.7 Å². The van der Waals surface area contributed by atoms with E-state index in [1.807, 2.05) is 24.4 Å². The Morgan fingerprint density at radius 3 is 2.81 bits per heavy atom. The standard InChI is InChI=1S/C21H24N6/c1-4-16(20-14(2)11-22-15(20)3)12-24-18-13-23-17-7-8-19(26-21(17)25-18)27-9-5-6-10-27/h4,7-8,11,13,22H,1,3,5-6,9-10,12H2,2H3,(H,24,25,26)/b20-16+. The molecule has 6 nitrogen and oxygen atoms in total. The first kappa shape index (κ1) is 17.3. The molecule has 1 aliphatic rings. The minimum absolute atomic E-state index is 0.594. The molecule has 27 heavy (non-hydrogen) atoms. The molecule has 4 heterocycles. The van der Waals surface area contributed by atoms with E-state index in [2.05, 4.69) is 45.3 Å². The monoisotopic (exact) mass is 360 g/mol. The lowest BCUT2D eigenvalue weighted by molar-refractivity contribution is 0.940. The molecule has 4 rings (SSSR count). The fourth-order valence-electron chi connectivity index (χ4n) is 3.57. The molecule has 3 aromatic heterocycles. The molecule has 0 aliphatic carbocycles. The van der Waals surface area contributed by atoms with Crippen LogP contribution in [0.4, 0.5) is 11.6 Å². The third kappa shape index (κ3) is 3.43. The molecule has 0 atom stereocenters. The van der Waals surface area contributed by atoms with E-state index in [4.69, 9.17) is 4.98 Å². The molecule has 0 amide bonds. The van der Waals surface area contributed by atoms with Crippen molar-refractivity contribution in [2.24, 2.45) is 0 Å². The normalized spacial score (nSPS) is 15.2. The van der Waals surface area contributed by atoms with Crippen LogP contribution < -0.4 is 20.8 Å². The Bertz CT molecular complexity index is 1090. The van der Waals surface area contributed by atoms with Gasteiger partial charge in [-0.05, 0) is 43.0 Å². The second kappa shape index (κ2) is 7.23. The summed E-state index contributed by atoms with van der Waals surface area (Å²) in [6.07, 6.45) is 8.01. The summed E-state index contributed by atoms with van der Waals surface area (Å²) in [7, 11) is 0. The van der Waals surface area contributed by atoms with E-state index in [-0.39, 0.29) is 0 Å². The van der Waals surface area contributed by atoms with Crippen molar-refractivity contribution in [3.8, 4) is 0 Å². The molecule has 1 fully saturated rings. The summed E-state index contributed by atoms with van der Waals surface area (Å²) in [6, 6.07) is 4.02. The summed E-state index contributed by atoms with van der Waals surface area (Å²) in [5, 5.41) is 5.33. The molecule has 0 bridgehead atoms. The highest BCUT2D eigenvalue weighted by atomic mass is 15.2. The van der Waals surface area contributed by atoms with Crippen LogP contribution in [0.25, 0.3) is 23.3 Å². The highest BCUT2D eigenvalue weighted by Crippen LogP contribution is 2.20. The number of nitrogens with one attached hydrogen (secondary N) is 2. The van der Waals surface area contributed by atoms with Crippen LogP contribution in [-0.4, -0.2) is 39.6 Å². The van der Waals surface area contributed by atoms with Crippen molar-refractivity contribution in [3.63, 3.8) is 0 Å². The van der Waals surface area contributed by atoms with E-state index in [1.165, 1.54) is 12.8 Å². The smallest absolute Gasteiger partial charge is 0.182 e. The Balaban J connectivity index is 1.61. The first-order valence-corrected chi connectivity index (χ1v) is 9.27. The molecular formula is C21H24N6. The number of fused-ring (bicyclic) bond motifs is 1. The maximum absolute atomic E-state index is 4.71. The van der Waals surface area contributed by atoms with E-state index in [9.17, 15) is 0 Å². The molecule has 3 aromatic rings. The Labute approximate surface area is 158 Å². The van der Waals surface area contributed by atoms with Crippen LogP contribution in [0.2, 0.25) is 0 Å². The number of nitrogens with zero attached hydrogens (tertiary/aromatic N) is 4. The van der Waals surface area contributed by atoms with Gasteiger partial charge >= 0.3 is 0 Å². The molecule has 1 saturated heterocycles. The van der Waals surface area contributed by atoms with Gasteiger partial charge in [0.05, 0.1) is 6.20 Å². The van der Waals surface area contributed by atoms with E-state index in [0.717, 1.165) is 46.1 Å². The Morgan fingerprint density at radius 1 is 1.30 bits per heavy atom. The molecule has 0 aromatic carbocycles. The van der Waals surface area contributed by atoms with Crippen LogP contribution in [0.15, 0.2) is 37.2 Å². The number of aryl methyl sites for hydroxylation is 1. The highest BCUT2D eigenvalue weighted by molar-refractivity contribution is 5.74. The highest BCUT2D eigenvalue weighted by Gasteiger charge is 2.14. The van der Waals surface area contributed by atoms with Gasteiger partial charge in [-0.15, -0.1) is 0 Å². The Morgan fingerprint density at radius 2 is 2.11 bits per heavy atom. The van der Waals surface area contributed by atoms with Crippen LogP contribution >= 0.6 is 0 Å². The average Bonchev–Trinajstić information content (AvgIpc) is 3.33. The number of anilines is 2. The molecule has 138 valence electrons. The van der Waals surface area contributed by atoms with Crippen LogP contribution in [0.1, 0.15) is 18.4 Å². The van der Waals surface area contributed by atoms with Gasteiger partial charge < -0.3 is 15.2 Å². The summed E-state index contributed by atoms with van der Waals surface area (Å²) < 4.78 is 0. The number of H-pyrrole nitrogens is 1. The number of rotatable bonds is 5. The van der Waals surface area contributed by atoms with E-state index < -0.39 is 0 Å². The van der Waals surface area contributed by atoms with E-state index in [1.54, 1.807) is 6.20 Å². The second-order valence-corrected chi connectivity index (χ2v) is 6.87. The largest absolute Gasteiger partial charge is 0.365 e. The molecular weight excluding hydrogens is 336 g/mol. The predicted octanol–water partition coefficient (Wildman–Crippen LogP) is 2.12. The summed E-state index contributed by atoms with van der Waals surface area (Å²) in [5.41, 5.74) is 3.69. The zero-order chi connectivity index (χ0) is 18.8. The fraction of sp³-hybridized carbons (Fsp3) is 0.286. The SMILES string of the molecule is C=C/C(CNc1cnc2ccc(N3CCCC3)nc2n1)=c1/c(C)c[nH]c1=C. The summed E-state index contributed by atoms with van der Waals surface area (Å²) in [4.78, 5) is 19.3. The molecule has 0 spiro atoms. The minimum atomic E-state index is 0.594. The van der Waals surface area contributed by atoms with Gasteiger partial charge in [-0.1, -0.05) is 19.2 Å². The van der Waals surface area contributed by atoms with Gasteiger partial charge in [0.1, 0.15) is 17.2 Å². The van der Waals surface area contributed by atoms with E-state index >= 15 is 0 Å². The maximum Gasteiger partial charge on any atom is 0.182 e. The molecule has 6 heteroatoms. The lowest BCUT2D eigenvalue weighted by Crippen LogP contribution is -2.27. The predicted molar refractivity (Wildman–Crippen MR) is 111 cm³/mol. The second-order valence-electron chi connectivity index (χ2n) is 6.87. The van der Waals surface area contributed by atoms with Gasteiger partial charge in [0.2, 0.25) is 0 Å². The van der Waals surface area contributed by atoms with Gasteiger partial charge in [-0.25, -0.2) is 15.0 Å². The Kier molecular flexibility index (Phi) is 4.62. The maximum atomic E-state index is 4.71. The quantitative estimate of drug-likeness (QED) is 0.729. The van der Waals surface area contributed by atoms with Crippen molar-refractivity contribution < 1.29 is 0 Å². The molecule has 0 unspecified atom stereocenters. The van der Waals surface area contributed by atoms with Crippen molar-refractivity contribution in [3.05, 3.63) is 53.3 Å². The third-order valence-electron chi connectivity index (χ3n) is 5.01. The van der Waals surface area contributed by atoms with Gasteiger partial charge in [0.15, 0.2) is 5.65 Å². The van der Waals surface area contributed by atoms with Crippen molar-refractivity contribution in [2.45, 2.75) is 19.8 Å². The van der Waals surface area contributed by atoms with Crippen molar-refractivity contribution in [1.29, 1.82) is 0 Å². The van der Waals surface area contributed by atoms with Crippen molar-refractivity contribution in [1.82, 2.24) is 19.9 Å². The van der Waals surface area contributed by atoms with Crippen LogP contribution in [0.3, 0.4) is 0 Å².